The van der Waals surface area contributed by atoms with Gasteiger partial charge in [-0.25, -0.2) is 0 Å². The monoisotopic (exact) mass is 392 g/mol. The summed E-state index contributed by atoms with van der Waals surface area (Å²) >= 11 is 0. The Morgan fingerprint density at radius 1 is 1.00 bits per heavy atom. The lowest BCUT2D eigenvalue weighted by atomic mass is 10.0. The predicted molar refractivity (Wildman–Crippen MR) is 105 cm³/mol. The van der Waals surface area contributed by atoms with E-state index in [0.29, 0.717) is 5.56 Å². The van der Waals surface area contributed by atoms with Crippen molar-refractivity contribution in [2.75, 3.05) is 6.61 Å². The van der Waals surface area contributed by atoms with E-state index >= 15 is 0 Å². The standard InChI is InChI=1S/C22H20N2O5/c25-20(23-24-22(27)14-5-2-1-3-6-14)13-29-21(26)11-17-12-28-19-10-16-8-4-7-15(16)9-18(17)19/h1-3,5-6,9-10,12H,4,7-8,11,13H2,(H,23,25)(H,24,27). The average molecular weight is 392 g/mol. The minimum atomic E-state index is -0.627. The van der Waals surface area contributed by atoms with Crippen molar-refractivity contribution in [3.8, 4) is 0 Å². The summed E-state index contributed by atoms with van der Waals surface area (Å²) in [5.74, 6) is -1.63. The van der Waals surface area contributed by atoms with Gasteiger partial charge in [0.2, 0.25) is 0 Å². The fourth-order valence-corrected chi connectivity index (χ4v) is 3.46. The number of rotatable bonds is 5. The molecule has 1 heterocycles. The second kappa shape index (κ2) is 8.18. The maximum absolute atomic E-state index is 12.1. The zero-order valence-electron chi connectivity index (χ0n) is 15.7. The molecule has 29 heavy (non-hydrogen) atoms. The first kappa shape index (κ1) is 18.7. The number of amides is 2. The van der Waals surface area contributed by atoms with Crippen LogP contribution in [-0.4, -0.2) is 24.4 Å². The maximum Gasteiger partial charge on any atom is 0.310 e. The molecule has 0 atom stereocenters. The maximum atomic E-state index is 12.1. The SMILES string of the molecule is O=C(COC(=O)Cc1coc2cc3c(cc12)CCC3)NNC(=O)c1ccccc1. The molecule has 0 spiro atoms. The molecule has 148 valence electrons. The number of hydrogen-bond acceptors (Lipinski definition) is 5. The van der Waals surface area contributed by atoms with Gasteiger partial charge in [0.15, 0.2) is 6.61 Å². The van der Waals surface area contributed by atoms with Crippen molar-refractivity contribution in [3.05, 3.63) is 71.0 Å². The zero-order valence-corrected chi connectivity index (χ0v) is 15.7. The lowest BCUT2D eigenvalue weighted by molar-refractivity contribution is -0.148. The summed E-state index contributed by atoms with van der Waals surface area (Å²) in [6.45, 7) is -0.487. The molecule has 2 aromatic carbocycles. The molecule has 2 amide bonds. The summed E-state index contributed by atoms with van der Waals surface area (Å²) in [6, 6.07) is 12.6. The van der Waals surface area contributed by atoms with Gasteiger partial charge in [0.1, 0.15) is 5.58 Å². The number of fused-ring (bicyclic) bond motifs is 2. The number of esters is 1. The van der Waals surface area contributed by atoms with E-state index < -0.39 is 24.4 Å². The number of carbonyl (C=O) groups excluding carboxylic acids is 3. The number of furan rings is 1. The van der Waals surface area contributed by atoms with Crippen molar-refractivity contribution < 1.29 is 23.5 Å². The smallest absolute Gasteiger partial charge is 0.310 e. The molecule has 7 heteroatoms. The third-order valence-corrected chi connectivity index (χ3v) is 4.92. The van der Waals surface area contributed by atoms with E-state index in [1.165, 1.54) is 11.1 Å². The third kappa shape index (κ3) is 4.29. The summed E-state index contributed by atoms with van der Waals surface area (Å²) < 4.78 is 10.6. The molecule has 1 aromatic heterocycles. The number of hydrogen-bond donors (Lipinski definition) is 2. The Kier molecular flexibility index (Phi) is 5.29. The van der Waals surface area contributed by atoms with Gasteiger partial charge < -0.3 is 9.15 Å². The highest BCUT2D eigenvalue weighted by atomic mass is 16.5. The van der Waals surface area contributed by atoms with Crippen LogP contribution in [0, 0.1) is 0 Å². The molecule has 2 N–H and O–H groups in total. The molecule has 0 fully saturated rings. The Balaban J connectivity index is 1.27. The van der Waals surface area contributed by atoms with Gasteiger partial charge >= 0.3 is 5.97 Å². The van der Waals surface area contributed by atoms with Crippen LogP contribution in [0.1, 0.15) is 33.5 Å². The van der Waals surface area contributed by atoms with Crippen molar-refractivity contribution in [1.82, 2.24) is 10.9 Å². The minimum absolute atomic E-state index is 0.00937. The number of carbonyl (C=O) groups is 3. The van der Waals surface area contributed by atoms with Gasteiger partial charge in [-0.3, -0.25) is 25.2 Å². The van der Waals surface area contributed by atoms with Gasteiger partial charge in [-0.1, -0.05) is 18.2 Å². The van der Waals surface area contributed by atoms with Crippen molar-refractivity contribution in [2.45, 2.75) is 25.7 Å². The first-order valence-electron chi connectivity index (χ1n) is 9.42. The third-order valence-electron chi connectivity index (χ3n) is 4.92. The molecule has 0 radical (unpaired) electrons. The summed E-state index contributed by atoms with van der Waals surface area (Å²) in [5, 5.41) is 0.905. The summed E-state index contributed by atoms with van der Waals surface area (Å²) in [6.07, 6.45) is 4.79. The molecule has 0 saturated heterocycles. The summed E-state index contributed by atoms with van der Waals surface area (Å²) in [7, 11) is 0. The number of aryl methyl sites for hydroxylation is 2. The van der Waals surface area contributed by atoms with Crippen molar-refractivity contribution >= 4 is 28.8 Å². The van der Waals surface area contributed by atoms with Crippen LogP contribution in [0.4, 0.5) is 0 Å². The van der Waals surface area contributed by atoms with E-state index in [4.69, 9.17) is 9.15 Å². The number of hydrazine groups is 1. The summed E-state index contributed by atoms with van der Waals surface area (Å²) in [4.78, 5) is 35.8. The Morgan fingerprint density at radius 2 is 1.76 bits per heavy atom. The fourth-order valence-electron chi connectivity index (χ4n) is 3.46. The van der Waals surface area contributed by atoms with Crippen LogP contribution < -0.4 is 10.9 Å². The number of ether oxygens (including phenoxy) is 1. The van der Waals surface area contributed by atoms with Gasteiger partial charge in [-0.15, -0.1) is 0 Å². The van der Waals surface area contributed by atoms with Gasteiger partial charge in [0, 0.05) is 16.5 Å². The Morgan fingerprint density at radius 3 is 2.55 bits per heavy atom. The van der Waals surface area contributed by atoms with Gasteiger partial charge in [-0.2, -0.15) is 0 Å². The number of nitrogens with one attached hydrogen (secondary N) is 2. The lowest BCUT2D eigenvalue weighted by Crippen LogP contribution is -2.43. The topological polar surface area (TPSA) is 97.6 Å². The van der Waals surface area contributed by atoms with E-state index in [2.05, 4.69) is 16.9 Å². The van der Waals surface area contributed by atoms with E-state index in [0.717, 1.165) is 35.8 Å². The molecule has 0 aliphatic heterocycles. The molecule has 0 saturated carbocycles. The van der Waals surface area contributed by atoms with Crippen LogP contribution in [0.15, 0.2) is 53.1 Å². The fraction of sp³-hybridized carbons (Fsp3) is 0.227. The van der Waals surface area contributed by atoms with Crippen LogP contribution in [0.5, 0.6) is 0 Å². The van der Waals surface area contributed by atoms with Crippen LogP contribution in [-0.2, 0) is 33.6 Å². The molecule has 1 aliphatic rings. The van der Waals surface area contributed by atoms with Crippen LogP contribution in [0.2, 0.25) is 0 Å². The highest BCUT2D eigenvalue weighted by molar-refractivity contribution is 5.95. The molecular weight excluding hydrogens is 372 g/mol. The first-order valence-corrected chi connectivity index (χ1v) is 9.42. The quantitative estimate of drug-likeness (QED) is 0.514. The average Bonchev–Trinajstić information content (AvgIpc) is 3.36. The molecule has 0 unspecified atom stereocenters. The van der Waals surface area contributed by atoms with Crippen LogP contribution >= 0.6 is 0 Å². The lowest BCUT2D eigenvalue weighted by Gasteiger charge is -2.08. The van der Waals surface area contributed by atoms with Crippen LogP contribution in [0.3, 0.4) is 0 Å². The van der Waals surface area contributed by atoms with Gasteiger partial charge in [0.25, 0.3) is 11.8 Å². The van der Waals surface area contributed by atoms with Crippen LogP contribution in [0.25, 0.3) is 11.0 Å². The van der Waals surface area contributed by atoms with Crippen molar-refractivity contribution in [1.29, 1.82) is 0 Å². The van der Waals surface area contributed by atoms with Crippen molar-refractivity contribution in [3.63, 3.8) is 0 Å². The molecule has 3 aromatic rings. The van der Waals surface area contributed by atoms with E-state index in [9.17, 15) is 14.4 Å². The highest BCUT2D eigenvalue weighted by Crippen LogP contribution is 2.30. The first-order chi connectivity index (χ1) is 14.1. The van der Waals surface area contributed by atoms with Gasteiger partial charge in [0.05, 0.1) is 12.7 Å². The second-order valence-corrected chi connectivity index (χ2v) is 6.94. The predicted octanol–water partition coefficient (Wildman–Crippen LogP) is 2.47. The summed E-state index contributed by atoms with van der Waals surface area (Å²) in [5.41, 5.74) is 8.98. The minimum Gasteiger partial charge on any atom is -0.464 e. The van der Waals surface area contributed by atoms with E-state index in [1.54, 1.807) is 36.6 Å². The molecule has 1 aliphatic carbocycles. The Hall–Kier alpha value is -3.61. The second-order valence-electron chi connectivity index (χ2n) is 6.94. The molecule has 4 rings (SSSR count). The largest absolute Gasteiger partial charge is 0.464 e. The number of benzene rings is 2. The molecular formula is C22H20N2O5. The molecule has 7 nitrogen and oxygen atoms in total. The molecule has 0 bridgehead atoms. The highest BCUT2D eigenvalue weighted by Gasteiger charge is 2.17. The van der Waals surface area contributed by atoms with Gasteiger partial charge in [-0.05, 0) is 54.7 Å². The van der Waals surface area contributed by atoms with E-state index in [1.807, 2.05) is 6.07 Å². The normalized spacial score (nSPS) is 12.4. The van der Waals surface area contributed by atoms with Crippen molar-refractivity contribution in [2.24, 2.45) is 0 Å². The zero-order chi connectivity index (χ0) is 20.2. The van der Waals surface area contributed by atoms with E-state index in [-0.39, 0.29) is 6.42 Å². The Bertz CT molecular complexity index is 1070. The Labute approximate surface area is 167 Å².